The summed E-state index contributed by atoms with van der Waals surface area (Å²) >= 11 is 0. The van der Waals surface area contributed by atoms with Crippen LogP contribution in [0.25, 0.3) is 11.0 Å². The normalized spacial score (nSPS) is 22.0. The zero-order valence-corrected chi connectivity index (χ0v) is 12.7. The largest absolute Gasteiger partial charge is 0.372 e. The molecule has 1 aliphatic heterocycles. The van der Waals surface area contributed by atoms with Gasteiger partial charge in [-0.1, -0.05) is 12.1 Å². The number of nitrogens with zero attached hydrogens (tertiary/aromatic N) is 3. The van der Waals surface area contributed by atoms with Gasteiger partial charge in [-0.3, -0.25) is 14.2 Å². The maximum absolute atomic E-state index is 12.5. The van der Waals surface area contributed by atoms with Crippen LogP contribution in [0.5, 0.6) is 0 Å². The van der Waals surface area contributed by atoms with E-state index in [4.69, 9.17) is 4.74 Å². The van der Waals surface area contributed by atoms with E-state index in [1.807, 2.05) is 38.1 Å². The Bertz CT molecular complexity index is 746. The summed E-state index contributed by atoms with van der Waals surface area (Å²) in [6, 6.07) is 7.33. The van der Waals surface area contributed by atoms with Gasteiger partial charge in [0.25, 0.3) is 5.56 Å². The molecule has 22 heavy (non-hydrogen) atoms. The molecule has 2 aromatic rings. The molecule has 0 spiro atoms. The zero-order valence-electron chi connectivity index (χ0n) is 12.7. The first kappa shape index (κ1) is 14.7. The maximum Gasteiger partial charge on any atom is 0.269 e. The number of hydrogen-bond acceptors (Lipinski definition) is 4. The van der Waals surface area contributed by atoms with Crippen molar-refractivity contribution in [2.45, 2.75) is 32.6 Å². The fourth-order valence-corrected chi connectivity index (χ4v) is 2.89. The average molecular weight is 301 g/mol. The molecule has 1 aliphatic rings. The Labute approximate surface area is 128 Å². The van der Waals surface area contributed by atoms with Crippen LogP contribution >= 0.6 is 0 Å². The number of aromatic nitrogens is 2. The third-order valence-corrected chi connectivity index (χ3v) is 3.82. The highest BCUT2D eigenvalue weighted by atomic mass is 16.5. The van der Waals surface area contributed by atoms with E-state index in [0.717, 1.165) is 0 Å². The van der Waals surface area contributed by atoms with Gasteiger partial charge in [0, 0.05) is 13.1 Å². The molecule has 6 nitrogen and oxygen atoms in total. The topological polar surface area (TPSA) is 64.4 Å². The molecule has 6 heteroatoms. The minimum atomic E-state index is -0.263. The molecule has 0 radical (unpaired) electrons. The van der Waals surface area contributed by atoms with Gasteiger partial charge in [0.2, 0.25) is 5.91 Å². The lowest BCUT2D eigenvalue weighted by Crippen LogP contribution is -2.49. The van der Waals surface area contributed by atoms with Crippen molar-refractivity contribution in [3.63, 3.8) is 0 Å². The molecule has 1 aromatic heterocycles. The number of rotatable bonds is 2. The van der Waals surface area contributed by atoms with Gasteiger partial charge in [-0.05, 0) is 26.0 Å². The van der Waals surface area contributed by atoms with Crippen LogP contribution in [0.2, 0.25) is 0 Å². The molecule has 1 amide bonds. The van der Waals surface area contributed by atoms with Crippen LogP contribution in [0.15, 0.2) is 35.3 Å². The van der Waals surface area contributed by atoms with Crippen molar-refractivity contribution in [3.05, 3.63) is 40.8 Å². The summed E-state index contributed by atoms with van der Waals surface area (Å²) in [7, 11) is 0. The first-order chi connectivity index (χ1) is 10.5. The molecule has 0 N–H and O–H groups in total. The third kappa shape index (κ3) is 2.87. The van der Waals surface area contributed by atoms with Crippen molar-refractivity contribution < 1.29 is 9.53 Å². The lowest BCUT2D eigenvalue weighted by Gasteiger charge is -2.35. The minimum absolute atomic E-state index is 0.0126. The van der Waals surface area contributed by atoms with E-state index < -0.39 is 0 Å². The van der Waals surface area contributed by atoms with Crippen LogP contribution in [0.4, 0.5) is 0 Å². The van der Waals surface area contributed by atoms with Crippen molar-refractivity contribution in [1.82, 2.24) is 14.5 Å². The fraction of sp³-hybridized carbons (Fsp3) is 0.438. The van der Waals surface area contributed by atoms with Crippen LogP contribution in [0.3, 0.4) is 0 Å². The van der Waals surface area contributed by atoms with Gasteiger partial charge < -0.3 is 9.64 Å². The van der Waals surface area contributed by atoms with E-state index in [1.54, 1.807) is 4.90 Å². The number of amides is 1. The van der Waals surface area contributed by atoms with Gasteiger partial charge in [0.15, 0.2) is 0 Å². The smallest absolute Gasteiger partial charge is 0.269 e. The molecule has 2 heterocycles. The Hall–Kier alpha value is -2.21. The molecule has 2 atom stereocenters. The molecule has 0 saturated carbocycles. The van der Waals surface area contributed by atoms with Gasteiger partial charge in [0.05, 0.1) is 29.4 Å². The molecule has 0 bridgehead atoms. The molecule has 0 aliphatic carbocycles. The summed E-state index contributed by atoms with van der Waals surface area (Å²) < 4.78 is 7.12. The Morgan fingerprint density at radius 2 is 1.95 bits per heavy atom. The molecule has 1 fully saturated rings. The summed E-state index contributed by atoms with van der Waals surface area (Å²) in [6.07, 6.45) is 1.29. The monoisotopic (exact) mass is 301 g/mol. The second-order valence-corrected chi connectivity index (χ2v) is 5.73. The van der Waals surface area contributed by atoms with Gasteiger partial charge in [-0.2, -0.15) is 0 Å². The molecular formula is C16H19N3O3. The molecule has 3 rings (SSSR count). The van der Waals surface area contributed by atoms with Crippen molar-refractivity contribution in [1.29, 1.82) is 0 Å². The highest BCUT2D eigenvalue weighted by molar-refractivity contribution is 5.80. The van der Waals surface area contributed by atoms with E-state index in [0.29, 0.717) is 24.1 Å². The number of ether oxygens (including phenoxy) is 1. The van der Waals surface area contributed by atoms with E-state index in [1.165, 1.54) is 10.8 Å². The number of benzene rings is 1. The molecule has 1 saturated heterocycles. The quantitative estimate of drug-likeness (QED) is 0.831. The highest BCUT2D eigenvalue weighted by Gasteiger charge is 2.26. The van der Waals surface area contributed by atoms with Gasteiger partial charge in [0.1, 0.15) is 6.54 Å². The first-order valence-electron chi connectivity index (χ1n) is 7.42. The van der Waals surface area contributed by atoms with Gasteiger partial charge in [-0.15, -0.1) is 0 Å². The second-order valence-electron chi connectivity index (χ2n) is 5.73. The van der Waals surface area contributed by atoms with Crippen molar-refractivity contribution >= 4 is 16.9 Å². The lowest BCUT2D eigenvalue weighted by atomic mass is 10.2. The molecule has 1 aromatic carbocycles. The molecular weight excluding hydrogens is 282 g/mol. The summed E-state index contributed by atoms with van der Waals surface area (Å²) in [5.74, 6) is -0.0690. The standard InChI is InChI=1S/C16H19N3O3/c1-11-8-18(9-12(2)22-11)16(21)10-19-14-6-4-3-5-13(14)17-7-15(19)20/h3-7,11-12H,8-10H2,1-2H3/t11-,12+. The van der Waals surface area contributed by atoms with Crippen molar-refractivity contribution in [2.24, 2.45) is 0 Å². The number of carbonyl (C=O) groups excluding carboxylic acids is 1. The Balaban J connectivity index is 1.88. The summed E-state index contributed by atoms with van der Waals surface area (Å²) in [5, 5.41) is 0. The van der Waals surface area contributed by atoms with Crippen LogP contribution in [0, 0.1) is 0 Å². The van der Waals surface area contributed by atoms with E-state index in [-0.39, 0.29) is 30.2 Å². The van der Waals surface area contributed by atoms with Crippen molar-refractivity contribution in [3.8, 4) is 0 Å². The number of hydrogen-bond donors (Lipinski definition) is 0. The van der Waals surface area contributed by atoms with E-state index in [9.17, 15) is 9.59 Å². The lowest BCUT2D eigenvalue weighted by molar-refractivity contribution is -0.143. The van der Waals surface area contributed by atoms with E-state index >= 15 is 0 Å². The van der Waals surface area contributed by atoms with Crippen molar-refractivity contribution in [2.75, 3.05) is 13.1 Å². The predicted molar refractivity (Wildman–Crippen MR) is 82.6 cm³/mol. The number of carbonyl (C=O) groups is 1. The number of para-hydroxylation sites is 2. The van der Waals surface area contributed by atoms with Gasteiger partial charge >= 0.3 is 0 Å². The zero-order chi connectivity index (χ0) is 15.7. The third-order valence-electron chi connectivity index (χ3n) is 3.82. The van der Waals surface area contributed by atoms with Crippen LogP contribution in [-0.4, -0.2) is 45.7 Å². The first-order valence-corrected chi connectivity index (χ1v) is 7.42. The minimum Gasteiger partial charge on any atom is -0.372 e. The Kier molecular flexibility index (Phi) is 3.94. The Morgan fingerprint density at radius 1 is 1.27 bits per heavy atom. The van der Waals surface area contributed by atoms with Crippen LogP contribution < -0.4 is 5.56 Å². The van der Waals surface area contributed by atoms with E-state index in [2.05, 4.69) is 4.98 Å². The summed E-state index contributed by atoms with van der Waals surface area (Å²) in [5.41, 5.74) is 1.12. The Morgan fingerprint density at radius 3 is 2.68 bits per heavy atom. The summed E-state index contributed by atoms with van der Waals surface area (Å²) in [6.45, 7) is 5.04. The fourth-order valence-electron chi connectivity index (χ4n) is 2.89. The van der Waals surface area contributed by atoms with Crippen LogP contribution in [0.1, 0.15) is 13.8 Å². The maximum atomic E-state index is 12.5. The SMILES string of the molecule is C[C@@H]1CN(C(=O)Cn2c(=O)cnc3ccccc32)C[C@H](C)O1. The molecule has 116 valence electrons. The second kappa shape index (κ2) is 5.88. The average Bonchev–Trinajstić information content (AvgIpc) is 2.49. The molecule has 0 unspecified atom stereocenters. The number of fused-ring (bicyclic) bond motifs is 1. The predicted octanol–water partition coefficient (Wildman–Crippen LogP) is 1.03. The highest BCUT2D eigenvalue weighted by Crippen LogP contribution is 2.13. The van der Waals surface area contributed by atoms with Gasteiger partial charge in [-0.25, -0.2) is 4.98 Å². The number of morpholine rings is 1. The van der Waals surface area contributed by atoms with Crippen LogP contribution in [-0.2, 0) is 16.1 Å². The summed E-state index contributed by atoms with van der Waals surface area (Å²) in [4.78, 5) is 30.5.